The third-order valence-electron chi connectivity index (χ3n) is 9.48. The third-order valence-corrected chi connectivity index (χ3v) is 9.48. The molecule has 0 fully saturated rings. The van der Waals surface area contributed by atoms with Gasteiger partial charge in [-0.2, -0.15) is 0 Å². The zero-order chi connectivity index (χ0) is 28.3. The van der Waals surface area contributed by atoms with Crippen LogP contribution in [0.15, 0.2) is 0 Å². The van der Waals surface area contributed by atoms with Gasteiger partial charge >= 0.3 is 0 Å². The zero-order valence-corrected chi connectivity index (χ0v) is 27.5. The van der Waals surface area contributed by atoms with Crippen LogP contribution in [0.2, 0.25) is 12.1 Å². The van der Waals surface area contributed by atoms with Crippen molar-refractivity contribution in [1.29, 1.82) is 0 Å². The number of unbranched alkanes of at least 4 members (excludes halogenated alkanes) is 9. The first kappa shape index (κ1) is 36.7. The van der Waals surface area contributed by atoms with Crippen molar-refractivity contribution in [2.45, 2.75) is 191 Å². The van der Waals surface area contributed by atoms with Crippen molar-refractivity contribution >= 4 is 13.1 Å². The lowest BCUT2D eigenvalue weighted by atomic mass is 9.46. The normalized spacial score (nSPS) is 17.1. The number of ketones is 1. The van der Waals surface area contributed by atoms with Crippen LogP contribution in [-0.4, -0.2) is 13.1 Å². The average Bonchev–Trinajstić information content (AvgIpc) is 2.83. The topological polar surface area (TPSA) is 17.1 Å². The molecule has 0 amide bonds. The van der Waals surface area contributed by atoms with Crippen LogP contribution in [0.1, 0.15) is 178 Å². The number of hydrogen-bond donors (Lipinski definition) is 0. The first-order valence-electron chi connectivity index (χ1n) is 16.9. The summed E-state index contributed by atoms with van der Waals surface area (Å²) < 4.78 is 0. The Balaban J connectivity index is 5.63. The zero-order valence-electron chi connectivity index (χ0n) is 27.5. The van der Waals surface area contributed by atoms with Gasteiger partial charge in [0.25, 0.3) is 0 Å². The minimum absolute atomic E-state index is 0.0298. The Hall–Kier alpha value is -0.265. The molecule has 0 aromatic rings. The van der Waals surface area contributed by atoms with Gasteiger partial charge < -0.3 is 0 Å². The van der Waals surface area contributed by atoms with Crippen LogP contribution in [-0.2, 0) is 4.79 Å². The van der Waals surface area contributed by atoms with Crippen molar-refractivity contribution in [1.82, 2.24) is 0 Å². The molecule has 0 saturated heterocycles. The van der Waals surface area contributed by atoms with Gasteiger partial charge in [0.05, 0.1) is 0 Å². The molecule has 219 valence electrons. The van der Waals surface area contributed by atoms with E-state index in [4.69, 9.17) is 0 Å². The maximum absolute atomic E-state index is 14.3. The monoisotopic (exact) mass is 518 g/mol. The fourth-order valence-electron chi connectivity index (χ4n) is 7.00. The molecular formula is C35H70BO. The maximum atomic E-state index is 14.3. The lowest BCUT2D eigenvalue weighted by molar-refractivity contribution is -0.136. The van der Waals surface area contributed by atoms with Crippen molar-refractivity contribution in [3.8, 4) is 0 Å². The van der Waals surface area contributed by atoms with Gasteiger partial charge in [0.2, 0.25) is 0 Å². The summed E-state index contributed by atoms with van der Waals surface area (Å²) in [6.45, 7) is 23.0. The Morgan fingerprint density at radius 3 is 1.59 bits per heavy atom. The number of rotatable bonds is 24. The van der Waals surface area contributed by atoms with E-state index in [2.05, 4.69) is 76.5 Å². The van der Waals surface area contributed by atoms with Crippen molar-refractivity contribution in [2.24, 2.45) is 28.6 Å². The molecule has 0 N–H and O–H groups in total. The van der Waals surface area contributed by atoms with Crippen LogP contribution in [0, 0.1) is 28.6 Å². The summed E-state index contributed by atoms with van der Waals surface area (Å²) in [7, 11) is 2.53. The summed E-state index contributed by atoms with van der Waals surface area (Å²) in [5.41, 5.74) is -0.208. The minimum Gasteiger partial charge on any atom is -0.299 e. The van der Waals surface area contributed by atoms with Gasteiger partial charge in [-0.25, -0.2) is 0 Å². The van der Waals surface area contributed by atoms with Crippen molar-refractivity contribution in [3.05, 3.63) is 0 Å². The van der Waals surface area contributed by atoms with Crippen molar-refractivity contribution < 1.29 is 4.79 Å². The molecule has 2 heteroatoms. The molecule has 0 aliphatic carbocycles. The first-order valence-corrected chi connectivity index (χ1v) is 16.9. The van der Waals surface area contributed by atoms with Gasteiger partial charge in [0, 0.05) is 11.3 Å². The molecule has 0 aliphatic heterocycles. The number of Topliss-reactive ketones (excluding diaryl/α,β-unsaturated/α-hetero) is 1. The van der Waals surface area contributed by atoms with E-state index in [-0.39, 0.29) is 16.7 Å². The van der Waals surface area contributed by atoms with Gasteiger partial charge in [-0.05, 0) is 30.1 Å². The Morgan fingerprint density at radius 2 is 1.19 bits per heavy atom. The van der Waals surface area contributed by atoms with E-state index in [1.807, 2.05) is 0 Å². The summed E-state index contributed by atoms with van der Waals surface area (Å²) in [4.78, 5) is 14.3. The average molecular weight is 518 g/mol. The van der Waals surface area contributed by atoms with E-state index < -0.39 is 0 Å². The smallest absolute Gasteiger partial charge is 0.141 e. The van der Waals surface area contributed by atoms with Crippen LogP contribution >= 0.6 is 0 Å². The van der Waals surface area contributed by atoms with Crippen LogP contribution in [0.4, 0.5) is 0 Å². The molecule has 5 unspecified atom stereocenters. The van der Waals surface area contributed by atoms with E-state index in [1.165, 1.54) is 89.9 Å². The second-order valence-corrected chi connectivity index (χ2v) is 13.8. The van der Waals surface area contributed by atoms with E-state index in [0.29, 0.717) is 17.5 Å². The van der Waals surface area contributed by atoms with Gasteiger partial charge in [0.15, 0.2) is 0 Å². The maximum Gasteiger partial charge on any atom is 0.141 e. The molecule has 0 heterocycles. The number of hydrogen-bond acceptors (Lipinski definition) is 1. The molecule has 1 radical (unpaired) electrons. The second-order valence-electron chi connectivity index (χ2n) is 13.8. The quantitative estimate of drug-likeness (QED) is 0.0919. The predicted molar refractivity (Wildman–Crippen MR) is 170 cm³/mol. The number of carbonyl (C=O) groups excluding carboxylic acids is 1. The molecule has 1 nitrogen and oxygen atoms in total. The highest BCUT2D eigenvalue weighted by Gasteiger charge is 2.45. The number of carbonyl (C=O) groups is 1. The lowest BCUT2D eigenvalue weighted by Gasteiger charge is -2.44. The second kappa shape index (κ2) is 20.6. The molecule has 0 aromatic heterocycles. The summed E-state index contributed by atoms with van der Waals surface area (Å²) in [5.74, 6) is 2.57. The van der Waals surface area contributed by atoms with E-state index in [0.717, 1.165) is 31.5 Å². The highest BCUT2D eigenvalue weighted by atomic mass is 16.1. The van der Waals surface area contributed by atoms with Crippen LogP contribution in [0.5, 0.6) is 0 Å². The van der Waals surface area contributed by atoms with Crippen molar-refractivity contribution in [2.75, 3.05) is 0 Å². The standard InChI is InChI=1S/C35H70BO/c1-11-16-18-20-22-24-26-30(25-23-21-19-17-12-2)29(6)28-32(36-15-5)35(10,27-13-3)33(37)31(14-4)34(7,8)9/h29-32H,11-28H2,1-10H3. The largest absolute Gasteiger partial charge is 0.299 e. The van der Waals surface area contributed by atoms with Gasteiger partial charge in [0.1, 0.15) is 13.1 Å². The molecular weight excluding hydrogens is 447 g/mol. The molecule has 0 spiro atoms. The summed E-state index contributed by atoms with van der Waals surface area (Å²) in [6.07, 6.45) is 23.3. The Morgan fingerprint density at radius 1 is 0.703 bits per heavy atom. The van der Waals surface area contributed by atoms with Gasteiger partial charge in [-0.1, -0.05) is 178 Å². The van der Waals surface area contributed by atoms with E-state index in [1.54, 1.807) is 0 Å². The lowest BCUT2D eigenvalue weighted by Crippen LogP contribution is -2.43. The Bertz CT molecular complexity index is 550. The summed E-state index contributed by atoms with van der Waals surface area (Å²) in [6, 6.07) is 0. The first-order chi connectivity index (χ1) is 17.5. The molecule has 37 heavy (non-hydrogen) atoms. The fraction of sp³-hybridized carbons (Fsp3) is 0.971. The molecule has 0 bridgehead atoms. The van der Waals surface area contributed by atoms with Gasteiger partial charge in [-0.3, -0.25) is 4.79 Å². The molecule has 0 aliphatic rings. The van der Waals surface area contributed by atoms with Crippen LogP contribution in [0.3, 0.4) is 0 Å². The van der Waals surface area contributed by atoms with Crippen LogP contribution in [0.25, 0.3) is 0 Å². The Labute approximate surface area is 236 Å². The molecule has 0 rings (SSSR count). The van der Waals surface area contributed by atoms with Crippen LogP contribution < -0.4 is 0 Å². The third kappa shape index (κ3) is 14.1. The fourth-order valence-corrected chi connectivity index (χ4v) is 7.00. The Kier molecular flexibility index (Phi) is 20.5. The van der Waals surface area contributed by atoms with Gasteiger partial charge in [-0.15, -0.1) is 0 Å². The van der Waals surface area contributed by atoms with E-state index in [9.17, 15) is 4.79 Å². The summed E-state index contributed by atoms with van der Waals surface area (Å²) >= 11 is 0. The predicted octanol–water partition coefficient (Wildman–Crippen LogP) is 12.1. The molecule has 0 aromatic carbocycles. The highest BCUT2D eigenvalue weighted by Crippen LogP contribution is 2.48. The molecule has 5 atom stereocenters. The van der Waals surface area contributed by atoms with Crippen molar-refractivity contribution in [3.63, 3.8) is 0 Å². The summed E-state index contributed by atoms with van der Waals surface area (Å²) in [5, 5.41) is 0. The SMILES string of the molecule is CC[B]C(CC(C)C(CCCCCCC)CCCCCCCC)C(C)(CCC)C(=O)C(CC)C(C)(C)C. The van der Waals surface area contributed by atoms with E-state index >= 15 is 0 Å². The highest BCUT2D eigenvalue weighted by molar-refractivity contribution is 6.38. The molecule has 0 saturated carbocycles. The minimum atomic E-state index is -0.237.